The van der Waals surface area contributed by atoms with Gasteiger partial charge in [-0.3, -0.25) is 0 Å². The van der Waals surface area contributed by atoms with Gasteiger partial charge in [-0.1, -0.05) is 0 Å². The molecular weight excluding hydrogens is 286 g/mol. The van der Waals surface area contributed by atoms with Crippen molar-refractivity contribution in [1.82, 2.24) is 4.72 Å². The van der Waals surface area contributed by atoms with E-state index in [1.54, 1.807) is 6.07 Å². The van der Waals surface area contributed by atoms with Gasteiger partial charge >= 0.3 is 5.97 Å². The van der Waals surface area contributed by atoms with E-state index in [2.05, 4.69) is 4.72 Å². The molecule has 1 aromatic carbocycles. The lowest BCUT2D eigenvalue weighted by atomic mass is 10.1. The van der Waals surface area contributed by atoms with Crippen LogP contribution in [0.2, 0.25) is 0 Å². The Labute approximate surface area is 116 Å². The largest absolute Gasteiger partial charge is 0.493 e. The van der Waals surface area contributed by atoms with E-state index in [0.29, 0.717) is 18.8 Å². The quantitative estimate of drug-likeness (QED) is 0.690. The number of nitrogens with one attached hydrogen (secondary N) is 1. The van der Waals surface area contributed by atoms with Crippen molar-refractivity contribution in [1.29, 1.82) is 0 Å². The third kappa shape index (κ3) is 2.92. The molecule has 1 atom stereocenters. The number of aliphatic carboxylic acids is 1. The smallest absolute Gasteiger partial charge is 0.336 e. The summed E-state index contributed by atoms with van der Waals surface area (Å²) in [5, 5.41) is 18.2. The molecule has 1 aromatic rings. The first kappa shape index (κ1) is 14.8. The van der Waals surface area contributed by atoms with Gasteiger partial charge in [0.2, 0.25) is 10.0 Å². The van der Waals surface area contributed by atoms with Crippen LogP contribution < -0.4 is 9.46 Å². The van der Waals surface area contributed by atoms with Crippen LogP contribution in [-0.2, 0) is 21.2 Å². The van der Waals surface area contributed by atoms with Gasteiger partial charge in [-0.25, -0.2) is 17.9 Å². The van der Waals surface area contributed by atoms with Gasteiger partial charge < -0.3 is 14.9 Å². The molecule has 0 spiro atoms. The summed E-state index contributed by atoms with van der Waals surface area (Å²) in [7, 11) is -3.88. The molecule has 2 rings (SSSR count). The lowest BCUT2D eigenvalue weighted by molar-refractivity contribution is -0.155. The van der Waals surface area contributed by atoms with Crippen LogP contribution in [0, 0.1) is 0 Å². The average Bonchev–Trinajstić information content (AvgIpc) is 2.83. The number of rotatable bonds is 5. The lowest BCUT2D eigenvalue weighted by Crippen LogP contribution is -2.46. The minimum absolute atomic E-state index is 0.0166. The van der Waals surface area contributed by atoms with Crippen molar-refractivity contribution in [2.45, 2.75) is 23.8 Å². The molecule has 0 fully saturated rings. The maximum atomic E-state index is 12.0. The molecule has 1 aliphatic rings. The molecule has 1 unspecified atom stereocenters. The zero-order valence-corrected chi connectivity index (χ0v) is 11.6. The lowest BCUT2D eigenvalue weighted by Gasteiger charge is -2.18. The van der Waals surface area contributed by atoms with E-state index in [1.807, 2.05) is 0 Å². The first-order valence-electron chi connectivity index (χ1n) is 5.93. The van der Waals surface area contributed by atoms with Crippen LogP contribution in [0.1, 0.15) is 12.5 Å². The number of carbonyl (C=O) groups is 1. The molecule has 1 heterocycles. The molecule has 1 aliphatic heterocycles. The number of hydrogen-bond donors (Lipinski definition) is 3. The Morgan fingerprint density at radius 1 is 1.50 bits per heavy atom. The Hall–Kier alpha value is -1.64. The minimum atomic E-state index is -3.88. The number of carboxylic acid groups (broad SMARTS) is 1. The van der Waals surface area contributed by atoms with Crippen molar-refractivity contribution >= 4 is 16.0 Å². The summed E-state index contributed by atoms with van der Waals surface area (Å²) < 4.78 is 31.5. The van der Waals surface area contributed by atoms with E-state index in [1.165, 1.54) is 12.1 Å². The molecule has 0 radical (unpaired) electrons. The molecule has 0 saturated carbocycles. The molecule has 7 nitrogen and oxygen atoms in total. The summed E-state index contributed by atoms with van der Waals surface area (Å²) in [6.45, 7) is 0.923. The summed E-state index contributed by atoms with van der Waals surface area (Å²) in [6.07, 6.45) is 0.630. The SMILES string of the molecule is CC(O)(CNS(=O)(=O)c1ccc2c(c1)CCO2)C(=O)O. The number of ether oxygens (including phenoxy) is 1. The Morgan fingerprint density at radius 3 is 2.85 bits per heavy atom. The Morgan fingerprint density at radius 2 is 2.20 bits per heavy atom. The van der Waals surface area contributed by atoms with Gasteiger partial charge in [0.15, 0.2) is 5.60 Å². The van der Waals surface area contributed by atoms with Crippen molar-refractivity contribution in [3.63, 3.8) is 0 Å². The molecule has 0 bridgehead atoms. The van der Waals surface area contributed by atoms with Crippen LogP contribution in [0.4, 0.5) is 0 Å². The fraction of sp³-hybridized carbons (Fsp3) is 0.417. The second kappa shape index (κ2) is 5.04. The number of fused-ring (bicyclic) bond motifs is 1. The highest BCUT2D eigenvalue weighted by Crippen LogP contribution is 2.27. The van der Waals surface area contributed by atoms with E-state index >= 15 is 0 Å². The third-order valence-electron chi connectivity index (χ3n) is 3.04. The molecule has 20 heavy (non-hydrogen) atoms. The van der Waals surface area contributed by atoms with Gasteiger partial charge in [0.25, 0.3) is 0 Å². The molecule has 110 valence electrons. The molecule has 0 saturated heterocycles. The molecule has 8 heteroatoms. The van der Waals surface area contributed by atoms with Gasteiger partial charge in [0.1, 0.15) is 5.75 Å². The predicted octanol–water partition coefficient (Wildman–Crippen LogP) is -0.265. The highest BCUT2D eigenvalue weighted by molar-refractivity contribution is 7.89. The summed E-state index contributed by atoms with van der Waals surface area (Å²) in [5.41, 5.74) is -1.37. The molecular formula is C12H15NO6S. The molecule has 0 aliphatic carbocycles. The number of sulfonamides is 1. The van der Waals surface area contributed by atoms with E-state index in [9.17, 15) is 18.3 Å². The van der Waals surface area contributed by atoms with Gasteiger partial charge in [-0.05, 0) is 30.7 Å². The van der Waals surface area contributed by atoms with E-state index in [0.717, 1.165) is 12.5 Å². The summed E-state index contributed by atoms with van der Waals surface area (Å²) in [6, 6.07) is 4.42. The molecule has 0 amide bonds. The maximum absolute atomic E-state index is 12.0. The van der Waals surface area contributed by atoms with Crippen LogP contribution in [0.25, 0.3) is 0 Å². The Kier molecular flexibility index (Phi) is 3.72. The number of hydrogen-bond acceptors (Lipinski definition) is 5. The first-order valence-corrected chi connectivity index (χ1v) is 7.42. The monoisotopic (exact) mass is 301 g/mol. The van der Waals surface area contributed by atoms with Crippen molar-refractivity contribution in [3.8, 4) is 5.75 Å². The normalized spacial score (nSPS) is 17.1. The minimum Gasteiger partial charge on any atom is -0.493 e. The Balaban J connectivity index is 2.17. The maximum Gasteiger partial charge on any atom is 0.336 e. The van der Waals surface area contributed by atoms with Crippen molar-refractivity contribution in [2.75, 3.05) is 13.2 Å². The van der Waals surface area contributed by atoms with Crippen LogP contribution >= 0.6 is 0 Å². The summed E-state index contributed by atoms with van der Waals surface area (Å²) in [5.74, 6) is -0.843. The zero-order valence-electron chi connectivity index (χ0n) is 10.8. The van der Waals surface area contributed by atoms with Crippen LogP contribution in [0.5, 0.6) is 5.75 Å². The summed E-state index contributed by atoms with van der Waals surface area (Å²) in [4.78, 5) is 10.7. The van der Waals surface area contributed by atoms with Gasteiger partial charge in [-0.15, -0.1) is 0 Å². The summed E-state index contributed by atoms with van der Waals surface area (Å²) >= 11 is 0. The fourth-order valence-corrected chi connectivity index (χ4v) is 2.91. The average molecular weight is 301 g/mol. The van der Waals surface area contributed by atoms with Crippen molar-refractivity contribution < 1.29 is 28.2 Å². The van der Waals surface area contributed by atoms with Crippen LogP contribution in [-0.4, -0.2) is 43.4 Å². The number of carboxylic acids is 1. The Bertz CT molecular complexity index is 637. The van der Waals surface area contributed by atoms with Crippen molar-refractivity contribution in [3.05, 3.63) is 23.8 Å². The van der Waals surface area contributed by atoms with Crippen LogP contribution in [0.3, 0.4) is 0 Å². The van der Waals surface area contributed by atoms with Gasteiger partial charge in [0, 0.05) is 6.42 Å². The highest BCUT2D eigenvalue weighted by Gasteiger charge is 2.32. The topological polar surface area (TPSA) is 113 Å². The number of aliphatic hydroxyl groups is 1. The predicted molar refractivity (Wildman–Crippen MR) is 69.1 cm³/mol. The molecule has 3 N–H and O–H groups in total. The standard InChI is InChI=1S/C12H15NO6S/c1-12(16,11(14)15)7-13-20(17,18)9-2-3-10-8(6-9)4-5-19-10/h2-3,6,13,16H,4-5,7H2,1H3,(H,14,15). The second-order valence-corrected chi connectivity index (χ2v) is 6.54. The van der Waals surface area contributed by atoms with E-state index in [-0.39, 0.29) is 4.90 Å². The highest BCUT2D eigenvalue weighted by atomic mass is 32.2. The fourth-order valence-electron chi connectivity index (χ4n) is 1.72. The second-order valence-electron chi connectivity index (χ2n) is 4.77. The molecule has 0 aromatic heterocycles. The van der Waals surface area contributed by atoms with E-state index in [4.69, 9.17) is 9.84 Å². The van der Waals surface area contributed by atoms with Gasteiger partial charge in [0.05, 0.1) is 18.0 Å². The zero-order chi connectivity index (χ0) is 15.0. The third-order valence-corrected chi connectivity index (χ3v) is 4.44. The van der Waals surface area contributed by atoms with Crippen LogP contribution in [0.15, 0.2) is 23.1 Å². The van der Waals surface area contributed by atoms with Crippen molar-refractivity contribution in [2.24, 2.45) is 0 Å². The number of benzene rings is 1. The van der Waals surface area contributed by atoms with Gasteiger partial charge in [-0.2, -0.15) is 0 Å². The van der Waals surface area contributed by atoms with E-state index < -0.39 is 28.1 Å². The first-order chi connectivity index (χ1) is 9.22.